The maximum absolute atomic E-state index is 10.4. The minimum atomic E-state index is -0.687. The number of hydrogen-bond acceptors (Lipinski definition) is 2. The lowest BCUT2D eigenvalue weighted by Gasteiger charge is -2.14. The predicted molar refractivity (Wildman–Crippen MR) is 78.4 cm³/mol. The molecule has 0 spiro atoms. The van der Waals surface area contributed by atoms with E-state index in [2.05, 4.69) is 22.9 Å². The van der Waals surface area contributed by atoms with E-state index in [1.165, 1.54) is 5.56 Å². The Bertz CT molecular complexity index is 537. The van der Waals surface area contributed by atoms with E-state index in [0.717, 1.165) is 22.0 Å². The summed E-state index contributed by atoms with van der Waals surface area (Å²) in [5, 5.41) is 10.4. The summed E-state index contributed by atoms with van der Waals surface area (Å²) in [4.78, 5) is 0. The number of aryl methyl sites for hydroxylation is 1. The first-order valence-corrected chi connectivity index (χ1v) is 6.73. The lowest BCUT2D eigenvalue weighted by atomic mass is 9.99. The fourth-order valence-electron chi connectivity index (χ4n) is 1.90. The van der Waals surface area contributed by atoms with Crippen molar-refractivity contribution in [2.75, 3.05) is 5.73 Å². The monoisotopic (exact) mass is 305 g/mol. The van der Waals surface area contributed by atoms with Gasteiger partial charge < -0.3 is 10.8 Å². The molecule has 2 aromatic rings. The summed E-state index contributed by atoms with van der Waals surface area (Å²) < 4.78 is 0.913. The third-order valence-corrected chi connectivity index (χ3v) is 3.54. The van der Waals surface area contributed by atoms with Crippen molar-refractivity contribution >= 4 is 21.6 Å². The van der Waals surface area contributed by atoms with E-state index in [-0.39, 0.29) is 0 Å². The third kappa shape index (κ3) is 2.74. The summed E-state index contributed by atoms with van der Waals surface area (Å²) in [6.45, 7) is 2.11. The largest absolute Gasteiger partial charge is 0.398 e. The van der Waals surface area contributed by atoms with Crippen LogP contribution < -0.4 is 5.73 Å². The minimum absolute atomic E-state index is 0.602. The molecule has 3 N–H and O–H groups in total. The summed E-state index contributed by atoms with van der Waals surface area (Å²) in [6, 6.07) is 13.5. The second-order valence-corrected chi connectivity index (χ2v) is 5.19. The summed E-state index contributed by atoms with van der Waals surface area (Å²) in [5.41, 5.74) is 9.35. The molecule has 0 saturated carbocycles. The Kier molecular flexibility index (Phi) is 4.04. The molecule has 18 heavy (non-hydrogen) atoms. The van der Waals surface area contributed by atoms with Crippen molar-refractivity contribution < 1.29 is 5.11 Å². The number of anilines is 1. The van der Waals surface area contributed by atoms with Crippen LogP contribution in [0.1, 0.15) is 29.7 Å². The smallest absolute Gasteiger partial charge is 0.106 e. The molecule has 2 nitrogen and oxygen atoms in total. The van der Waals surface area contributed by atoms with Gasteiger partial charge in [0.05, 0.1) is 0 Å². The van der Waals surface area contributed by atoms with Gasteiger partial charge in [0.25, 0.3) is 0 Å². The molecule has 0 aromatic heterocycles. The highest BCUT2D eigenvalue weighted by molar-refractivity contribution is 9.10. The topological polar surface area (TPSA) is 46.2 Å². The van der Waals surface area contributed by atoms with E-state index in [4.69, 9.17) is 5.73 Å². The Balaban J connectivity index is 2.34. The number of aliphatic hydroxyl groups is 1. The number of benzene rings is 2. The standard InChI is InChI=1S/C15H16BrNO/c1-2-10-3-5-11(6-4-10)15(18)13-9-12(16)7-8-14(13)17/h3-9,15,18H,2,17H2,1H3. The average Bonchev–Trinajstić information content (AvgIpc) is 2.41. The minimum Gasteiger partial charge on any atom is -0.398 e. The molecule has 0 saturated heterocycles. The maximum atomic E-state index is 10.4. The van der Waals surface area contributed by atoms with Crippen LogP contribution in [0.4, 0.5) is 5.69 Å². The molecule has 1 atom stereocenters. The van der Waals surface area contributed by atoms with Crippen molar-refractivity contribution in [1.82, 2.24) is 0 Å². The molecule has 0 aliphatic heterocycles. The van der Waals surface area contributed by atoms with Crippen molar-refractivity contribution in [3.8, 4) is 0 Å². The average molecular weight is 306 g/mol. The van der Waals surface area contributed by atoms with E-state index in [1.807, 2.05) is 36.4 Å². The van der Waals surface area contributed by atoms with Gasteiger partial charge in [-0.3, -0.25) is 0 Å². The van der Waals surface area contributed by atoms with Gasteiger partial charge in [0.1, 0.15) is 6.10 Å². The molecule has 0 aliphatic rings. The van der Waals surface area contributed by atoms with Crippen LogP contribution in [0.15, 0.2) is 46.9 Å². The summed E-state index contributed by atoms with van der Waals surface area (Å²) in [7, 11) is 0. The highest BCUT2D eigenvalue weighted by Crippen LogP contribution is 2.29. The van der Waals surface area contributed by atoms with Crippen molar-refractivity contribution in [3.05, 3.63) is 63.6 Å². The zero-order valence-electron chi connectivity index (χ0n) is 10.2. The molecule has 2 rings (SSSR count). The van der Waals surface area contributed by atoms with E-state index in [1.54, 1.807) is 6.07 Å². The summed E-state index contributed by atoms with van der Waals surface area (Å²) in [5.74, 6) is 0. The van der Waals surface area contributed by atoms with Crippen molar-refractivity contribution in [2.24, 2.45) is 0 Å². The molecule has 2 aromatic carbocycles. The van der Waals surface area contributed by atoms with E-state index in [9.17, 15) is 5.11 Å². The fraction of sp³-hybridized carbons (Fsp3) is 0.200. The van der Waals surface area contributed by atoms with Gasteiger partial charge >= 0.3 is 0 Å². The van der Waals surface area contributed by atoms with E-state index >= 15 is 0 Å². The summed E-state index contributed by atoms with van der Waals surface area (Å²) in [6.07, 6.45) is 0.309. The second kappa shape index (κ2) is 5.55. The quantitative estimate of drug-likeness (QED) is 0.850. The molecule has 0 amide bonds. The van der Waals surface area contributed by atoms with Gasteiger partial charge in [0, 0.05) is 15.7 Å². The number of aliphatic hydroxyl groups excluding tert-OH is 1. The molecule has 0 bridgehead atoms. The number of nitrogens with two attached hydrogens (primary N) is 1. The Labute approximate surface area is 116 Å². The molecular formula is C15H16BrNO. The highest BCUT2D eigenvalue weighted by atomic mass is 79.9. The highest BCUT2D eigenvalue weighted by Gasteiger charge is 2.13. The van der Waals surface area contributed by atoms with Crippen LogP contribution in [0, 0.1) is 0 Å². The molecule has 94 valence electrons. The van der Waals surface area contributed by atoms with Crippen molar-refractivity contribution in [3.63, 3.8) is 0 Å². The Morgan fingerprint density at radius 2 is 1.83 bits per heavy atom. The molecule has 0 fully saturated rings. The van der Waals surface area contributed by atoms with Crippen LogP contribution in [0.25, 0.3) is 0 Å². The van der Waals surface area contributed by atoms with Crippen molar-refractivity contribution in [1.29, 1.82) is 0 Å². The number of nitrogen functional groups attached to an aromatic ring is 1. The first-order valence-electron chi connectivity index (χ1n) is 5.93. The van der Waals surface area contributed by atoms with Gasteiger partial charge in [-0.2, -0.15) is 0 Å². The lowest BCUT2D eigenvalue weighted by molar-refractivity contribution is 0.221. The van der Waals surface area contributed by atoms with Gasteiger partial charge in [-0.05, 0) is 35.7 Å². The predicted octanol–water partition coefficient (Wildman–Crippen LogP) is 3.68. The van der Waals surface area contributed by atoms with Crippen LogP contribution >= 0.6 is 15.9 Å². The fourth-order valence-corrected chi connectivity index (χ4v) is 2.28. The lowest BCUT2D eigenvalue weighted by Crippen LogP contribution is -2.04. The van der Waals surface area contributed by atoms with Crippen LogP contribution in [0.5, 0.6) is 0 Å². The van der Waals surface area contributed by atoms with Gasteiger partial charge in [0.2, 0.25) is 0 Å². The Morgan fingerprint density at radius 3 is 2.44 bits per heavy atom. The molecule has 1 unspecified atom stereocenters. The molecule has 0 heterocycles. The zero-order chi connectivity index (χ0) is 13.1. The first kappa shape index (κ1) is 13.1. The SMILES string of the molecule is CCc1ccc(C(O)c2cc(Br)ccc2N)cc1. The van der Waals surface area contributed by atoms with Crippen LogP contribution in [-0.4, -0.2) is 5.11 Å². The summed E-state index contributed by atoms with van der Waals surface area (Å²) >= 11 is 3.39. The Morgan fingerprint density at radius 1 is 1.17 bits per heavy atom. The number of hydrogen-bond donors (Lipinski definition) is 2. The van der Waals surface area contributed by atoms with Crippen LogP contribution in [0.3, 0.4) is 0 Å². The van der Waals surface area contributed by atoms with Crippen molar-refractivity contribution in [2.45, 2.75) is 19.4 Å². The number of halogens is 1. The Hall–Kier alpha value is -1.32. The molecular weight excluding hydrogens is 290 g/mol. The third-order valence-electron chi connectivity index (χ3n) is 3.05. The van der Waals surface area contributed by atoms with Crippen LogP contribution in [0.2, 0.25) is 0 Å². The van der Waals surface area contributed by atoms with Gasteiger partial charge in [-0.15, -0.1) is 0 Å². The van der Waals surface area contributed by atoms with Crippen LogP contribution in [-0.2, 0) is 6.42 Å². The first-order chi connectivity index (χ1) is 8.61. The maximum Gasteiger partial charge on any atom is 0.106 e. The number of rotatable bonds is 3. The van der Waals surface area contributed by atoms with Gasteiger partial charge in [-0.25, -0.2) is 0 Å². The van der Waals surface area contributed by atoms with E-state index in [0.29, 0.717) is 5.69 Å². The second-order valence-electron chi connectivity index (χ2n) is 4.27. The molecule has 0 radical (unpaired) electrons. The molecule has 3 heteroatoms. The normalized spacial score (nSPS) is 12.4. The van der Waals surface area contributed by atoms with E-state index < -0.39 is 6.10 Å². The molecule has 0 aliphatic carbocycles. The zero-order valence-corrected chi connectivity index (χ0v) is 11.8. The van der Waals surface area contributed by atoms with Gasteiger partial charge in [0.15, 0.2) is 0 Å². The van der Waals surface area contributed by atoms with Gasteiger partial charge in [-0.1, -0.05) is 47.1 Å².